The molecule has 0 amide bonds. The molecule has 2 atom stereocenters. The van der Waals surface area contributed by atoms with Gasteiger partial charge in [-0.1, -0.05) is 31.2 Å². The summed E-state index contributed by atoms with van der Waals surface area (Å²) >= 11 is 0. The molecule has 1 aliphatic carbocycles. The van der Waals surface area contributed by atoms with Gasteiger partial charge in [0.2, 0.25) is 10.0 Å². The molecule has 1 saturated heterocycles. The molecule has 0 radical (unpaired) electrons. The first-order valence-corrected chi connectivity index (χ1v) is 9.75. The van der Waals surface area contributed by atoms with Crippen LogP contribution in [0.3, 0.4) is 0 Å². The van der Waals surface area contributed by atoms with E-state index in [1.807, 2.05) is 19.1 Å². The van der Waals surface area contributed by atoms with Crippen molar-refractivity contribution in [1.82, 2.24) is 4.31 Å². The van der Waals surface area contributed by atoms with Gasteiger partial charge in [0.25, 0.3) is 0 Å². The highest BCUT2D eigenvalue weighted by Crippen LogP contribution is 2.30. The number of carbonyl (C=O) groups is 1. The van der Waals surface area contributed by atoms with Gasteiger partial charge in [-0.25, -0.2) is 12.7 Å². The highest BCUT2D eigenvalue weighted by molar-refractivity contribution is 7.89. The first-order chi connectivity index (χ1) is 10.9. The number of carboxylic acid groups (broad SMARTS) is 1. The van der Waals surface area contributed by atoms with E-state index in [0.29, 0.717) is 18.9 Å². The first-order valence-electron chi connectivity index (χ1n) is 8.14. The summed E-state index contributed by atoms with van der Waals surface area (Å²) in [5.74, 6) is -1.12. The van der Waals surface area contributed by atoms with Crippen molar-refractivity contribution >= 4 is 16.0 Å². The minimum absolute atomic E-state index is 0.115. The summed E-state index contributed by atoms with van der Waals surface area (Å²) in [6.07, 6.45) is 2.53. The van der Waals surface area contributed by atoms with Crippen molar-refractivity contribution in [1.29, 1.82) is 0 Å². The number of hydrogen-bond donors (Lipinski definition) is 1. The topological polar surface area (TPSA) is 74.7 Å². The Morgan fingerprint density at radius 3 is 2.35 bits per heavy atom. The molecule has 126 valence electrons. The normalized spacial score (nSPS) is 25.6. The maximum atomic E-state index is 12.5. The van der Waals surface area contributed by atoms with Gasteiger partial charge in [0, 0.05) is 13.1 Å². The SMILES string of the molecule is C[C@@H]1CN(S(=O)(=O)CCC2Cc3ccccc3C2)C[C@H]1C(=O)O. The van der Waals surface area contributed by atoms with E-state index in [9.17, 15) is 13.2 Å². The molecule has 1 aromatic carbocycles. The molecule has 3 rings (SSSR count). The van der Waals surface area contributed by atoms with Crippen LogP contribution in [0.1, 0.15) is 24.5 Å². The third-order valence-electron chi connectivity index (χ3n) is 5.21. The fraction of sp³-hybridized carbons (Fsp3) is 0.588. The molecule has 23 heavy (non-hydrogen) atoms. The Balaban J connectivity index is 1.57. The van der Waals surface area contributed by atoms with Crippen molar-refractivity contribution in [2.75, 3.05) is 18.8 Å². The lowest BCUT2D eigenvalue weighted by Crippen LogP contribution is -2.32. The number of aliphatic carboxylic acids is 1. The van der Waals surface area contributed by atoms with Crippen LogP contribution < -0.4 is 0 Å². The number of fused-ring (bicyclic) bond motifs is 1. The Morgan fingerprint density at radius 1 is 1.22 bits per heavy atom. The maximum Gasteiger partial charge on any atom is 0.308 e. The van der Waals surface area contributed by atoms with Gasteiger partial charge < -0.3 is 5.11 Å². The third-order valence-corrected chi connectivity index (χ3v) is 7.05. The van der Waals surface area contributed by atoms with Crippen LogP contribution in [0.4, 0.5) is 0 Å². The molecule has 2 aliphatic rings. The van der Waals surface area contributed by atoms with E-state index >= 15 is 0 Å². The number of benzene rings is 1. The van der Waals surface area contributed by atoms with E-state index in [-0.39, 0.29) is 18.2 Å². The lowest BCUT2D eigenvalue weighted by Gasteiger charge is -2.17. The summed E-state index contributed by atoms with van der Waals surface area (Å²) < 4.78 is 26.4. The average Bonchev–Trinajstić information content (AvgIpc) is 3.08. The molecule has 0 saturated carbocycles. The Labute approximate surface area is 137 Å². The van der Waals surface area contributed by atoms with Gasteiger partial charge in [-0.3, -0.25) is 4.79 Å². The van der Waals surface area contributed by atoms with Crippen LogP contribution in [0, 0.1) is 17.8 Å². The summed E-state index contributed by atoms with van der Waals surface area (Å²) in [6.45, 7) is 2.25. The predicted octanol–water partition coefficient (Wildman–Crippen LogP) is 1.77. The molecule has 0 aromatic heterocycles. The molecule has 6 heteroatoms. The van der Waals surface area contributed by atoms with E-state index in [4.69, 9.17) is 5.11 Å². The van der Waals surface area contributed by atoms with E-state index in [0.717, 1.165) is 12.8 Å². The van der Waals surface area contributed by atoms with Gasteiger partial charge in [-0.2, -0.15) is 0 Å². The summed E-state index contributed by atoms with van der Waals surface area (Å²) in [6, 6.07) is 8.28. The van der Waals surface area contributed by atoms with Gasteiger partial charge in [-0.05, 0) is 42.2 Å². The van der Waals surface area contributed by atoms with Crippen molar-refractivity contribution in [3.05, 3.63) is 35.4 Å². The van der Waals surface area contributed by atoms with Crippen LogP contribution >= 0.6 is 0 Å². The number of carboxylic acids is 1. The van der Waals surface area contributed by atoms with E-state index < -0.39 is 21.9 Å². The van der Waals surface area contributed by atoms with Crippen LogP contribution in [0.2, 0.25) is 0 Å². The smallest absolute Gasteiger partial charge is 0.308 e. The molecule has 0 spiro atoms. The highest BCUT2D eigenvalue weighted by atomic mass is 32.2. The lowest BCUT2D eigenvalue weighted by molar-refractivity contribution is -0.142. The van der Waals surface area contributed by atoms with Crippen molar-refractivity contribution in [2.45, 2.75) is 26.2 Å². The monoisotopic (exact) mass is 337 g/mol. The summed E-state index contributed by atoms with van der Waals surface area (Å²) in [4.78, 5) is 11.2. The standard InChI is InChI=1S/C17H23NO4S/c1-12-10-18(11-16(12)17(19)20)23(21,22)7-6-13-8-14-4-2-3-5-15(14)9-13/h2-5,12-13,16H,6-11H2,1H3,(H,19,20)/t12-,16-/m1/s1. The lowest BCUT2D eigenvalue weighted by atomic mass is 9.99. The van der Waals surface area contributed by atoms with E-state index in [1.54, 1.807) is 0 Å². The van der Waals surface area contributed by atoms with Crippen LogP contribution in [-0.2, 0) is 27.7 Å². The minimum atomic E-state index is -3.36. The number of nitrogens with zero attached hydrogens (tertiary/aromatic N) is 1. The summed E-state index contributed by atoms with van der Waals surface area (Å²) in [5.41, 5.74) is 2.66. The highest BCUT2D eigenvalue weighted by Gasteiger charge is 2.40. The average molecular weight is 337 g/mol. The maximum absolute atomic E-state index is 12.5. The second kappa shape index (κ2) is 6.24. The van der Waals surface area contributed by atoms with Gasteiger partial charge >= 0.3 is 5.97 Å². The molecule has 1 aliphatic heterocycles. The van der Waals surface area contributed by atoms with Gasteiger partial charge in [-0.15, -0.1) is 0 Å². The van der Waals surface area contributed by atoms with Crippen molar-refractivity contribution in [3.8, 4) is 0 Å². The molecule has 5 nitrogen and oxygen atoms in total. The van der Waals surface area contributed by atoms with Crippen molar-refractivity contribution in [2.24, 2.45) is 17.8 Å². The summed E-state index contributed by atoms with van der Waals surface area (Å²) in [5, 5.41) is 9.15. The zero-order chi connectivity index (χ0) is 16.6. The van der Waals surface area contributed by atoms with Gasteiger partial charge in [0.15, 0.2) is 0 Å². The predicted molar refractivity (Wildman–Crippen MR) is 87.6 cm³/mol. The zero-order valence-corrected chi connectivity index (χ0v) is 14.1. The molecule has 1 aromatic rings. The Morgan fingerprint density at radius 2 is 1.83 bits per heavy atom. The number of sulfonamides is 1. The molecular weight excluding hydrogens is 314 g/mol. The van der Waals surface area contributed by atoms with Crippen molar-refractivity contribution in [3.63, 3.8) is 0 Å². The molecule has 1 N–H and O–H groups in total. The number of rotatable bonds is 5. The Bertz CT molecular complexity index is 675. The zero-order valence-electron chi connectivity index (χ0n) is 13.3. The Kier molecular flexibility index (Phi) is 4.47. The van der Waals surface area contributed by atoms with E-state index in [1.165, 1.54) is 15.4 Å². The quantitative estimate of drug-likeness (QED) is 0.889. The largest absolute Gasteiger partial charge is 0.481 e. The first kappa shape index (κ1) is 16.5. The van der Waals surface area contributed by atoms with Crippen LogP contribution in [-0.4, -0.2) is 42.6 Å². The molecule has 1 heterocycles. The second-order valence-corrected chi connectivity index (χ2v) is 8.98. The van der Waals surface area contributed by atoms with Gasteiger partial charge in [0.1, 0.15) is 0 Å². The molecule has 0 unspecified atom stereocenters. The second-order valence-electron chi connectivity index (χ2n) is 6.89. The van der Waals surface area contributed by atoms with Crippen LogP contribution in [0.5, 0.6) is 0 Å². The molecular formula is C17H23NO4S. The van der Waals surface area contributed by atoms with E-state index in [2.05, 4.69) is 12.1 Å². The molecule has 1 fully saturated rings. The summed E-state index contributed by atoms with van der Waals surface area (Å²) in [7, 11) is -3.36. The van der Waals surface area contributed by atoms with Crippen LogP contribution in [0.15, 0.2) is 24.3 Å². The number of hydrogen-bond acceptors (Lipinski definition) is 3. The van der Waals surface area contributed by atoms with Crippen molar-refractivity contribution < 1.29 is 18.3 Å². The fourth-order valence-electron chi connectivity index (χ4n) is 3.77. The Hall–Kier alpha value is -1.40. The minimum Gasteiger partial charge on any atom is -0.481 e. The third kappa shape index (κ3) is 3.43. The van der Waals surface area contributed by atoms with Gasteiger partial charge in [0.05, 0.1) is 11.7 Å². The molecule has 0 bridgehead atoms. The van der Waals surface area contributed by atoms with Crippen LogP contribution in [0.25, 0.3) is 0 Å². The fourth-order valence-corrected chi connectivity index (χ4v) is 5.51.